The summed E-state index contributed by atoms with van der Waals surface area (Å²) >= 11 is 0. The van der Waals surface area contributed by atoms with Crippen LogP contribution < -0.4 is 11.1 Å². The summed E-state index contributed by atoms with van der Waals surface area (Å²) in [5.74, 6) is 0.184. The average molecular weight is 244 g/mol. The maximum atomic E-state index is 11.6. The summed E-state index contributed by atoms with van der Waals surface area (Å²) in [6, 6.07) is -0.388. The van der Waals surface area contributed by atoms with E-state index in [4.69, 9.17) is 10.5 Å². The van der Waals surface area contributed by atoms with Crippen LogP contribution in [0.2, 0.25) is 0 Å². The van der Waals surface area contributed by atoms with Gasteiger partial charge in [-0.15, -0.1) is 0 Å². The largest absolute Gasteiger partial charge is 0.381 e. The van der Waals surface area contributed by atoms with E-state index in [0.29, 0.717) is 13.2 Å². The smallest absolute Gasteiger partial charge is 0.237 e. The second-order valence-electron chi connectivity index (χ2n) is 4.52. The minimum Gasteiger partial charge on any atom is -0.381 e. The highest BCUT2D eigenvalue weighted by Crippen LogP contribution is 2.04. The van der Waals surface area contributed by atoms with E-state index in [1.165, 1.54) is 0 Å². The number of hydrogen-bond acceptors (Lipinski definition) is 3. The van der Waals surface area contributed by atoms with Crippen LogP contribution in [0.4, 0.5) is 0 Å². The van der Waals surface area contributed by atoms with Crippen LogP contribution in [0.5, 0.6) is 0 Å². The summed E-state index contributed by atoms with van der Waals surface area (Å²) in [6.07, 6.45) is 4.03. The van der Waals surface area contributed by atoms with Crippen molar-refractivity contribution in [1.29, 1.82) is 0 Å². The number of carbonyl (C=O) groups is 1. The summed E-state index contributed by atoms with van der Waals surface area (Å²) in [4.78, 5) is 11.6. The minimum atomic E-state index is -0.388. The first-order valence-corrected chi connectivity index (χ1v) is 6.74. The number of rotatable bonds is 10. The first-order valence-electron chi connectivity index (χ1n) is 6.74. The zero-order valence-electron chi connectivity index (χ0n) is 11.5. The Labute approximate surface area is 105 Å². The molecule has 0 aromatic carbocycles. The number of nitrogens with one attached hydrogen (secondary N) is 1. The van der Waals surface area contributed by atoms with Gasteiger partial charge in [0.2, 0.25) is 5.91 Å². The molecule has 0 aromatic rings. The van der Waals surface area contributed by atoms with E-state index in [0.717, 1.165) is 32.3 Å². The molecule has 102 valence electrons. The molecule has 0 radical (unpaired) electrons. The molecule has 0 heterocycles. The maximum Gasteiger partial charge on any atom is 0.237 e. The quantitative estimate of drug-likeness (QED) is 0.575. The van der Waals surface area contributed by atoms with E-state index in [2.05, 4.69) is 12.2 Å². The Hall–Kier alpha value is -0.610. The summed E-state index contributed by atoms with van der Waals surface area (Å²) in [5, 5.41) is 2.84. The molecule has 0 fully saturated rings. The maximum absolute atomic E-state index is 11.6. The lowest BCUT2D eigenvalue weighted by Crippen LogP contribution is -2.44. The molecule has 4 heteroatoms. The molecular weight excluding hydrogens is 216 g/mol. The molecule has 1 unspecified atom stereocenters. The zero-order chi connectivity index (χ0) is 13.1. The molecule has 4 nitrogen and oxygen atoms in total. The third-order valence-corrected chi connectivity index (χ3v) is 2.97. The molecule has 0 aromatic heterocycles. The molecule has 0 rings (SSSR count). The average Bonchev–Trinajstić information content (AvgIpc) is 2.35. The van der Waals surface area contributed by atoms with Gasteiger partial charge in [0.1, 0.15) is 0 Å². The summed E-state index contributed by atoms with van der Waals surface area (Å²) in [7, 11) is 0. The molecule has 0 aliphatic rings. The van der Waals surface area contributed by atoms with Crippen molar-refractivity contribution in [3.63, 3.8) is 0 Å². The van der Waals surface area contributed by atoms with Crippen molar-refractivity contribution in [3.8, 4) is 0 Å². The standard InChI is InChI=1S/C13H28N2O2/c1-4-6-9-17-10-7-8-15-13(16)12(14)11(3)5-2/h11-12H,4-10,14H2,1-3H3,(H,15,16)/t11?,12-/m0/s1. The molecule has 0 bridgehead atoms. The Kier molecular flexibility index (Phi) is 10.2. The van der Waals surface area contributed by atoms with E-state index in [1.54, 1.807) is 0 Å². The SMILES string of the molecule is CCCCOCCCNC(=O)[C@@H](N)C(C)CC. The van der Waals surface area contributed by atoms with E-state index < -0.39 is 0 Å². The second kappa shape index (κ2) is 10.5. The van der Waals surface area contributed by atoms with Crippen molar-refractivity contribution < 1.29 is 9.53 Å². The van der Waals surface area contributed by atoms with Crippen molar-refractivity contribution in [1.82, 2.24) is 5.32 Å². The van der Waals surface area contributed by atoms with Crippen LogP contribution in [-0.2, 0) is 9.53 Å². The van der Waals surface area contributed by atoms with E-state index in [-0.39, 0.29) is 17.9 Å². The lowest BCUT2D eigenvalue weighted by molar-refractivity contribution is -0.123. The number of carbonyl (C=O) groups excluding carboxylic acids is 1. The molecule has 3 N–H and O–H groups in total. The van der Waals surface area contributed by atoms with E-state index >= 15 is 0 Å². The number of nitrogens with two attached hydrogens (primary N) is 1. The van der Waals surface area contributed by atoms with Gasteiger partial charge in [0, 0.05) is 19.8 Å². The fourth-order valence-corrected chi connectivity index (χ4v) is 1.36. The van der Waals surface area contributed by atoms with Gasteiger partial charge in [-0.2, -0.15) is 0 Å². The Balaban J connectivity index is 3.45. The molecule has 0 aliphatic heterocycles. The van der Waals surface area contributed by atoms with Crippen molar-refractivity contribution in [2.75, 3.05) is 19.8 Å². The molecule has 1 amide bonds. The Bertz CT molecular complexity index is 198. The van der Waals surface area contributed by atoms with Gasteiger partial charge in [-0.3, -0.25) is 4.79 Å². The molecule has 2 atom stereocenters. The normalized spacial score (nSPS) is 14.4. The van der Waals surface area contributed by atoms with Crippen molar-refractivity contribution in [2.45, 2.75) is 52.5 Å². The topological polar surface area (TPSA) is 64.3 Å². The lowest BCUT2D eigenvalue weighted by atomic mass is 9.99. The van der Waals surface area contributed by atoms with Crippen LogP contribution in [0.25, 0.3) is 0 Å². The van der Waals surface area contributed by atoms with Gasteiger partial charge in [0.25, 0.3) is 0 Å². The van der Waals surface area contributed by atoms with Crippen LogP contribution in [-0.4, -0.2) is 31.7 Å². The van der Waals surface area contributed by atoms with E-state index in [9.17, 15) is 4.79 Å². The Morgan fingerprint density at radius 2 is 1.94 bits per heavy atom. The zero-order valence-corrected chi connectivity index (χ0v) is 11.5. The monoisotopic (exact) mass is 244 g/mol. The van der Waals surface area contributed by atoms with Gasteiger partial charge in [0.15, 0.2) is 0 Å². The molecular formula is C13H28N2O2. The predicted octanol–water partition coefficient (Wildman–Crippen LogP) is 1.68. The molecule has 17 heavy (non-hydrogen) atoms. The second-order valence-corrected chi connectivity index (χ2v) is 4.52. The number of unbranched alkanes of at least 4 members (excludes halogenated alkanes) is 1. The molecule has 0 saturated carbocycles. The van der Waals surface area contributed by atoms with Crippen molar-refractivity contribution in [2.24, 2.45) is 11.7 Å². The van der Waals surface area contributed by atoms with Crippen LogP contribution >= 0.6 is 0 Å². The number of amides is 1. The van der Waals surface area contributed by atoms with Gasteiger partial charge in [-0.25, -0.2) is 0 Å². The first-order chi connectivity index (χ1) is 8.13. The molecule has 0 saturated heterocycles. The lowest BCUT2D eigenvalue weighted by Gasteiger charge is -2.17. The number of hydrogen-bond donors (Lipinski definition) is 2. The van der Waals surface area contributed by atoms with Crippen molar-refractivity contribution >= 4 is 5.91 Å². The minimum absolute atomic E-state index is 0.0482. The van der Waals surface area contributed by atoms with E-state index in [1.807, 2.05) is 13.8 Å². The van der Waals surface area contributed by atoms with Crippen LogP contribution in [0, 0.1) is 5.92 Å². The van der Waals surface area contributed by atoms with Gasteiger partial charge in [-0.1, -0.05) is 33.6 Å². The van der Waals surface area contributed by atoms with Gasteiger partial charge < -0.3 is 15.8 Å². The Morgan fingerprint density at radius 3 is 2.53 bits per heavy atom. The molecule has 0 spiro atoms. The third-order valence-electron chi connectivity index (χ3n) is 2.97. The van der Waals surface area contributed by atoms with Crippen LogP contribution in [0.3, 0.4) is 0 Å². The summed E-state index contributed by atoms with van der Waals surface area (Å²) in [5.41, 5.74) is 5.81. The van der Waals surface area contributed by atoms with Gasteiger partial charge in [0.05, 0.1) is 6.04 Å². The first kappa shape index (κ1) is 16.4. The van der Waals surface area contributed by atoms with Gasteiger partial charge in [-0.05, 0) is 18.8 Å². The van der Waals surface area contributed by atoms with Crippen molar-refractivity contribution in [3.05, 3.63) is 0 Å². The highest BCUT2D eigenvalue weighted by atomic mass is 16.5. The van der Waals surface area contributed by atoms with Gasteiger partial charge >= 0.3 is 0 Å². The van der Waals surface area contributed by atoms with Crippen LogP contribution in [0.1, 0.15) is 46.5 Å². The van der Waals surface area contributed by atoms with Crippen LogP contribution in [0.15, 0.2) is 0 Å². The third kappa shape index (κ3) is 8.16. The fourth-order valence-electron chi connectivity index (χ4n) is 1.36. The summed E-state index contributed by atoms with van der Waals surface area (Å²) in [6.45, 7) is 8.35. The fraction of sp³-hybridized carbons (Fsp3) is 0.923. The molecule has 0 aliphatic carbocycles. The summed E-state index contributed by atoms with van der Waals surface area (Å²) < 4.78 is 5.40. The predicted molar refractivity (Wildman–Crippen MR) is 70.8 cm³/mol. The number of ether oxygens (including phenoxy) is 1. The Morgan fingerprint density at radius 1 is 1.29 bits per heavy atom. The highest BCUT2D eigenvalue weighted by Gasteiger charge is 2.18. The highest BCUT2D eigenvalue weighted by molar-refractivity contribution is 5.81.